The van der Waals surface area contributed by atoms with Gasteiger partial charge in [0.2, 0.25) is 5.91 Å². The highest BCUT2D eigenvalue weighted by Gasteiger charge is 2.30. The first-order chi connectivity index (χ1) is 13.2. The van der Waals surface area contributed by atoms with E-state index in [2.05, 4.69) is 35.6 Å². The molecule has 0 radical (unpaired) electrons. The standard InChI is InChI=1S/C21H25N3O2S.ClH/c22-9-10-23-20(25)16-5-3-11-24(13-16)21(26)18-12-15-8-7-14-4-1-2-6-17(14)19(15)27-18;/h1-2,4,6,12,16H,3,5,7-11,13,22H2,(H,23,25);1H. The molecule has 1 atom stereocenters. The summed E-state index contributed by atoms with van der Waals surface area (Å²) >= 11 is 1.59. The van der Waals surface area contributed by atoms with Crippen molar-refractivity contribution < 1.29 is 9.59 Å². The Labute approximate surface area is 175 Å². The zero-order chi connectivity index (χ0) is 18.8. The van der Waals surface area contributed by atoms with Gasteiger partial charge in [-0.3, -0.25) is 9.59 Å². The lowest BCUT2D eigenvalue weighted by atomic mass is 9.91. The minimum absolute atomic E-state index is 0. The Balaban J connectivity index is 0.00000225. The molecule has 0 spiro atoms. The number of nitrogens with zero attached hydrogens (tertiary/aromatic N) is 1. The Morgan fingerprint density at radius 2 is 2.00 bits per heavy atom. The lowest BCUT2D eigenvalue weighted by Gasteiger charge is -2.31. The van der Waals surface area contributed by atoms with E-state index in [1.165, 1.54) is 21.6 Å². The lowest BCUT2D eigenvalue weighted by molar-refractivity contribution is -0.126. The van der Waals surface area contributed by atoms with E-state index in [0.29, 0.717) is 19.6 Å². The number of halogens is 1. The number of carbonyl (C=O) groups is 2. The number of rotatable bonds is 4. The van der Waals surface area contributed by atoms with Crippen molar-refractivity contribution in [2.45, 2.75) is 25.7 Å². The minimum atomic E-state index is -0.135. The molecule has 3 N–H and O–H groups in total. The van der Waals surface area contributed by atoms with Crippen LogP contribution in [0.3, 0.4) is 0 Å². The van der Waals surface area contributed by atoms with Gasteiger partial charge in [0.05, 0.1) is 10.8 Å². The van der Waals surface area contributed by atoms with Crippen molar-refractivity contribution >= 4 is 35.6 Å². The van der Waals surface area contributed by atoms with E-state index in [9.17, 15) is 9.59 Å². The molecule has 28 heavy (non-hydrogen) atoms. The van der Waals surface area contributed by atoms with Gasteiger partial charge in [-0.2, -0.15) is 0 Å². The number of thiophene rings is 1. The highest BCUT2D eigenvalue weighted by molar-refractivity contribution is 7.17. The van der Waals surface area contributed by atoms with Crippen molar-refractivity contribution in [2.75, 3.05) is 26.2 Å². The van der Waals surface area contributed by atoms with Crippen LogP contribution in [0.15, 0.2) is 30.3 Å². The Morgan fingerprint density at radius 3 is 2.82 bits per heavy atom. The zero-order valence-electron chi connectivity index (χ0n) is 15.8. The molecule has 1 aromatic carbocycles. The zero-order valence-corrected chi connectivity index (χ0v) is 17.4. The molecule has 1 aliphatic heterocycles. The van der Waals surface area contributed by atoms with Crippen LogP contribution in [0, 0.1) is 5.92 Å². The van der Waals surface area contributed by atoms with Crippen molar-refractivity contribution in [2.24, 2.45) is 11.7 Å². The van der Waals surface area contributed by atoms with Gasteiger partial charge in [-0.15, -0.1) is 23.7 Å². The van der Waals surface area contributed by atoms with E-state index >= 15 is 0 Å². The molecule has 2 aromatic rings. The van der Waals surface area contributed by atoms with Gasteiger partial charge in [-0.1, -0.05) is 24.3 Å². The van der Waals surface area contributed by atoms with E-state index in [1.807, 2.05) is 4.90 Å². The second kappa shape index (κ2) is 9.07. The SMILES string of the molecule is Cl.NCCNC(=O)C1CCCN(C(=O)c2cc3c(s2)-c2ccccc2CC3)C1. The van der Waals surface area contributed by atoms with E-state index in [1.54, 1.807) is 11.3 Å². The minimum Gasteiger partial charge on any atom is -0.355 e. The molecular formula is C21H26ClN3O2S. The van der Waals surface area contributed by atoms with Crippen LogP contribution < -0.4 is 11.1 Å². The number of hydrogen-bond donors (Lipinski definition) is 2. The van der Waals surface area contributed by atoms with Crippen LogP contribution in [0.2, 0.25) is 0 Å². The maximum absolute atomic E-state index is 13.1. The number of likely N-dealkylation sites (tertiary alicyclic amines) is 1. The normalized spacial score (nSPS) is 17.9. The van der Waals surface area contributed by atoms with Crippen LogP contribution in [0.4, 0.5) is 0 Å². The van der Waals surface area contributed by atoms with Crippen molar-refractivity contribution in [1.82, 2.24) is 10.2 Å². The van der Waals surface area contributed by atoms with Gasteiger partial charge in [-0.05, 0) is 48.4 Å². The number of fused-ring (bicyclic) bond motifs is 3. The molecule has 5 nitrogen and oxygen atoms in total. The number of nitrogens with two attached hydrogens (primary N) is 1. The molecule has 1 aliphatic carbocycles. The van der Waals surface area contributed by atoms with Gasteiger partial charge in [-0.25, -0.2) is 0 Å². The molecule has 1 aromatic heterocycles. The first-order valence-electron chi connectivity index (χ1n) is 9.65. The summed E-state index contributed by atoms with van der Waals surface area (Å²) < 4.78 is 0. The van der Waals surface area contributed by atoms with Gasteiger partial charge in [0.25, 0.3) is 5.91 Å². The fraction of sp³-hybridized carbons (Fsp3) is 0.429. The number of carbonyl (C=O) groups excluding carboxylic acids is 2. The molecule has 7 heteroatoms. The molecule has 4 rings (SSSR count). The Morgan fingerprint density at radius 1 is 1.21 bits per heavy atom. The average molecular weight is 420 g/mol. The quantitative estimate of drug-likeness (QED) is 0.800. The highest BCUT2D eigenvalue weighted by atomic mass is 35.5. The van der Waals surface area contributed by atoms with Gasteiger partial charge in [0.15, 0.2) is 0 Å². The first-order valence-corrected chi connectivity index (χ1v) is 10.5. The summed E-state index contributed by atoms with van der Waals surface area (Å²) in [4.78, 5) is 29.2. The van der Waals surface area contributed by atoms with E-state index in [0.717, 1.165) is 37.1 Å². The number of nitrogens with one attached hydrogen (secondary N) is 1. The monoisotopic (exact) mass is 419 g/mol. The van der Waals surface area contributed by atoms with Crippen molar-refractivity contribution in [3.05, 3.63) is 46.3 Å². The van der Waals surface area contributed by atoms with E-state index in [-0.39, 0.29) is 30.1 Å². The summed E-state index contributed by atoms with van der Waals surface area (Å²) in [6, 6.07) is 10.5. The summed E-state index contributed by atoms with van der Waals surface area (Å²) in [5, 5.41) is 2.85. The Kier molecular flexibility index (Phi) is 6.75. The molecule has 1 fully saturated rings. The number of hydrogen-bond acceptors (Lipinski definition) is 4. The second-order valence-electron chi connectivity index (χ2n) is 7.29. The fourth-order valence-corrected chi connectivity index (χ4v) is 5.29. The number of piperidine rings is 1. The van der Waals surface area contributed by atoms with Crippen LogP contribution >= 0.6 is 23.7 Å². The molecule has 1 saturated heterocycles. The molecule has 2 heterocycles. The van der Waals surface area contributed by atoms with Crippen LogP contribution in [-0.4, -0.2) is 42.9 Å². The van der Waals surface area contributed by atoms with Crippen LogP contribution in [0.1, 0.15) is 33.6 Å². The van der Waals surface area contributed by atoms with Gasteiger partial charge in [0, 0.05) is 31.1 Å². The number of benzene rings is 1. The van der Waals surface area contributed by atoms with E-state index < -0.39 is 0 Å². The van der Waals surface area contributed by atoms with Gasteiger partial charge < -0.3 is 16.0 Å². The summed E-state index contributed by atoms with van der Waals surface area (Å²) in [5.74, 6) is -0.0647. The van der Waals surface area contributed by atoms with Gasteiger partial charge in [0.1, 0.15) is 0 Å². The van der Waals surface area contributed by atoms with Crippen LogP contribution in [0.25, 0.3) is 10.4 Å². The summed E-state index contributed by atoms with van der Waals surface area (Å²) in [6.45, 7) is 2.14. The highest BCUT2D eigenvalue weighted by Crippen LogP contribution is 2.40. The molecular weight excluding hydrogens is 394 g/mol. The smallest absolute Gasteiger partial charge is 0.263 e. The third-order valence-corrected chi connectivity index (χ3v) is 6.67. The van der Waals surface area contributed by atoms with Crippen LogP contribution in [-0.2, 0) is 17.6 Å². The van der Waals surface area contributed by atoms with E-state index in [4.69, 9.17) is 5.73 Å². The Hall–Kier alpha value is -1.89. The summed E-state index contributed by atoms with van der Waals surface area (Å²) in [5.41, 5.74) is 9.36. The second-order valence-corrected chi connectivity index (χ2v) is 8.34. The number of aryl methyl sites for hydroxylation is 2. The summed E-state index contributed by atoms with van der Waals surface area (Å²) in [7, 11) is 0. The topological polar surface area (TPSA) is 75.4 Å². The largest absolute Gasteiger partial charge is 0.355 e. The third-order valence-electron chi connectivity index (χ3n) is 5.47. The molecule has 2 aliphatic rings. The predicted molar refractivity (Wildman–Crippen MR) is 115 cm³/mol. The first kappa shape index (κ1) is 20.8. The van der Waals surface area contributed by atoms with Crippen molar-refractivity contribution in [3.63, 3.8) is 0 Å². The Bertz CT molecular complexity index is 867. The molecule has 0 bridgehead atoms. The molecule has 0 saturated carbocycles. The predicted octanol–water partition coefficient (Wildman–Crippen LogP) is 2.86. The van der Waals surface area contributed by atoms with Gasteiger partial charge >= 0.3 is 0 Å². The summed E-state index contributed by atoms with van der Waals surface area (Å²) in [6.07, 6.45) is 3.70. The average Bonchev–Trinajstić information content (AvgIpc) is 3.16. The molecule has 1 unspecified atom stereocenters. The molecule has 150 valence electrons. The maximum atomic E-state index is 13.1. The van der Waals surface area contributed by atoms with Crippen molar-refractivity contribution in [3.8, 4) is 10.4 Å². The number of amides is 2. The third kappa shape index (κ3) is 4.09. The lowest BCUT2D eigenvalue weighted by Crippen LogP contribution is -2.46. The maximum Gasteiger partial charge on any atom is 0.263 e. The van der Waals surface area contributed by atoms with Crippen molar-refractivity contribution in [1.29, 1.82) is 0 Å². The fourth-order valence-electron chi connectivity index (χ4n) is 4.05. The van der Waals surface area contributed by atoms with Crippen LogP contribution in [0.5, 0.6) is 0 Å². The molecule has 2 amide bonds.